The molecule has 1 aromatic heterocycles. The molecule has 1 rings (SSSR count). The van der Waals surface area contributed by atoms with Crippen LogP contribution in [-0.4, -0.2) is 4.98 Å². The fourth-order valence-electron chi connectivity index (χ4n) is 0.859. The van der Waals surface area contributed by atoms with Crippen molar-refractivity contribution in [3.8, 4) is 17.9 Å². The van der Waals surface area contributed by atoms with Crippen LogP contribution in [-0.2, 0) is 0 Å². The van der Waals surface area contributed by atoms with Crippen LogP contribution in [0.15, 0.2) is 12.3 Å². The van der Waals surface area contributed by atoms with Gasteiger partial charge < -0.3 is 5.73 Å². The third kappa shape index (κ3) is 2.50. The Morgan fingerprint density at radius 3 is 3.08 bits per heavy atom. The summed E-state index contributed by atoms with van der Waals surface area (Å²) in [4.78, 5) is 3.95. The Balaban J connectivity index is 2.97. The van der Waals surface area contributed by atoms with Gasteiger partial charge >= 0.3 is 0 Å². The van der Waals surface area contributed by atoms with Crippen molar-refractivity contribution in [1.82, 2.24) is 4.98 Å². The number of anilines is 1. The minimum Gasteiger partial charge on any atom is -0.383 e. The molecule has 13 heavy (non-hydrogen) atoms. The van der Waals surface area contributed by atoms with E-state index in [0.717, 1.165) is 5.56 Å². The van der Waals surface area contributed by atoms with Crippen molar-refractivity contribution >= 4 is 5.82 Å². The molecule has 0 aliphatic heterocycles. The average molecular weight is 171 g/mol. The summed E-state index contributed by atoms with van der Waals surface area (Å²) in [5.74, 6) is 5.90. The molecule has 0 unspecified atom stereocenters. The largest absolute Gasteiger partial charge is 0.383 e. The molecule has 2 N–H and O–H groups in total. The van der Waals surface area contributed by atoms with Gasteiger partial charge in [0.1, 0.15) is 5.82 Å². The van der Waals surface area contributed by atoms with Crippen molar-refractivity contribution in [2.45, 2.75) is 13.3 Å². The van der Waals surface area contributed by atoms with Gasteiger partial charge in [0.25, 0.3) is 0 Å². The fourth-order valence-corrected chi connectivity index (χ4v) is 0.859. The molecule has 0 fully saturated rings. The van der Waals surface area contributed by atoms with Crippen molar-refractivity contribution in [2.24, 2.45) is 0 Å². The van der Waals surface area contributed by atoms with Crippen LogP contribution in [0.1, 0.15) is 17.5 Å². The van der Waals surface area contributed by atoms with E-state index < -0.39 is 0 Å². The van der Waals surface area contributed by atoms with Crippen LogP contribution in [0.2, 0.25) is 0 Å². The summed E-state index contributed by atoms with van der Waals surface area (Å²) < 4.78 is 0. The number of pyridine rings is 1. The maximum Gasteiger partial charge on any atom is 0.139 e. The van der Waals surface area contributed by atoms with E-state index in [2.05, 4.69) is 16.8 Å². The highest BCUT2D eigenvalue weighted by atomic mass is 14.8. The Morgan fingerprint density at radius 1 is 1.62 bits per heavy atom. The summed E-state index contributed by atoms with van der Waals surface area (Å²) in [5.41, 5.74) is 7.27. The first-order valence-corrected chi connectivity index (χ1v) is 3.82. The fraction of sp³-hybridized carbons (Fsp3) is 0.200. The molecule has 0 aromatic carbocycles. The van der Waals surface area contributed by atoms with Gasteiger partial charge in [0.05, 0.1) is 18.1 Å². The lowest BCUT2D eigenvalue weighted by molar-refractivity contribution is 1.26. The molecule has 0 radical (unpaired) electrons. The van der Waals surface area contributed by atoms with Crippen LogP contribution in [0, 0.1) is 30.1 Å². The minimum atomic E-state index is 0.216. The molecule has 0 saturated heterocycles. The van der Waals surface area contributed by atoms with Crippen LogP contribution in [0.4, 0.5) is 5.82 Å². The number of aryl methyl sites for hydroxylation is 1. The minimum absolute atomic E-state index is 0.216. The first-order chi connectivity index (χ1) is 6.24. The van der Waals surface area contributed by atoms with Gasteiger partial charge in [-0.1, -0.05) is 11.8 Å². The number of nitrogen functional groups attached to an aromatic ring is 1. The molecule has 0 spiro atoms. The monoisotopic (exact) mass is 171 g/mol. The van der Waals surface area contributed by atoms with E-state index in [-0.39, 0.29) is 6.42 Å². The van der Waals surface area contributed by atoms with Gasteiger partial charge in [0.2, 0.25) is 0 Å². The first kappa shape index (κ1) is 9.09. The van der Waals surface area contributed by atoms with E-state index in [1.165, 1.54) is 0 Å². The highest BCUT2D eigenvalue weighted by Gasteiger charge is 1.95. The standard InChI is InChI=1S/C10H9N3/c1-8-6-9(4-2-3-5-11)10(12)13-7-8/h6-7H,3H2,1H3,(H2,12,13). The predicted molar refractivity (Wildman–Crippen MR) is 50.5 cm³/mol. The first-order valence-electron chi connectivity index (χ1n) is 3.82. The normalized spacial score (nSPS) is 8.31. The van der Waals surface area contributed by atoms with E-state index >= 15 is 0 Å². The van der Waals surface area contributed by atoms with Gasteiger partial charge in [0, 0.05) is 6.20 Å². The van der Waals surface area contributed by atoms with Crippen LogP contribution in [0.3, 0.4) is 0 Å². The lowest BCUT2D eigenvalue weighted by Gasteiger charge is -1.97. The zero-order valence-electron chi connectivity index (χ0n) is 7.33. The second-order valence-corrected chi connectivity index (χ2v) is 2.58. The average Bonchev–Trinajstić information content (AvgIpc) is 2.11. The Morgan fingerprint density at radius 2 is 2.38 bits per heavy atom. The van der Waals surface area contributed by atoms with E-state index in [1.807, 2.05) is 19.1 Å². The number of aromatic nitrogens is 1. The number of hydrogen-bond acceptors (Lipinski definition) is 3. The maximum absolute atomic E-state index is 8.27. The molecule has 3 nitrogen and oxygen atoms in total. The van der Waals surface area contributed by atoms with Crippen LogP contribution >= 0.6 is 0 Å². The number of hydrogen-bond donors (Lipinski definition) is 1. The molecule has 0 aliphatic rings. The Kier molecular flexibility index (Phi) is 2.89. The molecular formula is C10H9N3. The zero-order chi connectivity index (χ0) is 9.68. The number of nitrogens with two attached hydrogens (primary N) is 1. The van der Waals surface area contributed by atoms with Crippen LogP contribution < -0.4 is 5.73 Å². The van der Waals surface area contributed by atoms with E-state index in [9.17, 15) is 0 Å². The third-order valence-corrected chi connectivity index (χ3v) is 1.45. The molecule has 1 heterocycles. The Labute approximate surface area is 77.2 Å². The predicted octanol–water partition coefficient (Wildman–Crippen LogP) is 1.24. The molecule has 64 valence electrons. The number of rotatable bonds is 0. The Hall–Kier alpha value is -2.00. The van der Waals surface area contributed by atoms with Crippen molar-refractivity contribution in [3.05, 3.63) is 23.4 Å². The van der Waals surface area contributed by atoms with Crippen molar-refractivity contribution < 1.29 is 0 Å². The molecule has 1 aromatic rings. The summed E-state index contributed by atoms with van der Waals surface area (Å²) in [6, 6.07) is 3.79. The lowest BCUT2D eigenvalue weighted by Crippen LogP contribution is -1.94. The van der Waals surface area contributed by atoms with Crippen LogP contribution in [0.5, 0.6) is 0 Å². The maximum atomic E-state index is 8.27. The second-order valence-electron chi connectivity index (χ2n) is 2.58. The number of nitriles is 1. The summed E-state index contributed by atoms with van der Waals surface area (Å²) in [7, 11) is 0. The van der Waals surface area contributed by atoms with Crippen molar-refractivity contribution in [2.75, 3.05) is 5.73 Å². The van der Waals surface area contributed by atoms with E-state index in [4.69, 9.17) is 11.0 Å². The van der Waals surface area contributed by atoms with Gasteiger partial charge in [-0.15, -0.1) is 0 Å². The topological polar surface area (TPSA) is 62.7 Å². The Bertz CT molecular complexity index is 404. The molecule has 3 heteroatoms. The molecule has 0 aliphatic carbocycles. The van der Waals surface area contributed by atoms with Gasteiger partial charge in [-0.2, -0.15) is 5.26 Å². The molecule has 0 bridgehead atoms. The smallest absolute Gasteiger partial charge is 0.139 e. The zero-order valence-corrected chi connectivity index (χ0v) is 7.33. The molecule has 0 amide bonds. The highest BCUT2D eigenvalue weighted by Crippen LogP contribution is 2.07. The van der Waals surface area contributed by atoms with E-state index in [1.54, 1.807) is 6.20 Å². The van der Waals surface area contributed by atoms with Crippen molar-refractivity contribution in [1.29, 1.82) is 5.26 Å². The summed E-state index contributed by atoms with van der Waals surface area (Å²) in [6.45, 7) is 1.92. The summed E-state index contributed by atoms with van der Waals surface area (Å²) in [6.07, 6.45) is 1.90. The van der Waals surface area contributed by atoms with Gasteiger partial charge in [-0.05, 0) is 18.6 Å². The quantitative estimate of drug-likeness (QED) is 0.597. The second kappa shape index (κ2) is 4.13. The van der Waals surface area contributed by atoms with Gasteiger partial charge in [-0.25, -0.2) is 4.98 Å². The third-order valence-electron chi connectivity index (χ3n) is 1.45. The van der Waals surface area contributed by atoms with E-state index in [0.29, 0.717) is 11.4 Å². The van der Waals surface area contributed by atoms with Crippen LogP contribution in [0.25, 0.3) is 0 Å². The summed E-state index contributed by atoms with van der Waals surface area (Å²) >= 11 is 0. The molecule has 0 saturated carbocycles. The van der Waals surface area contributed by atoms with Crippen molar-refractivity contribution in [3.63, 3.8) is 0 Å². The number of nitrogens with zero attached hydrogens (tertiary/aromatic N) is 2. The summed E-state index contributed by atoms with van der Waals surface area (Å²) in [5, 5.41) is 8.27. The lowest BCUT2D eigenvalue weighted by atomic mass is 10.2. The SMILES string of the molecule is Cc1cnc(N)c(C#CCC#N)c1. The highest BCUT2D eigenvalue weighted by molar-refractivity contribution is 5.51. The molecular weight excluding hydrogens is 162 g/mol. The van der Waals surface area contributed by atoms with Gasteiger partial charge in [-0.3, -0.25) is 0 Å². The molecule has 0 atom stereocenters. The van der Waals surface area contributed by atoms with Gasteiger partial charge in [0.15, 0.2) is 0 Å².